The zero-order valence-corrected chi connectivity index (χ0v) is 12.4. The number of aromatic nitrogens is 1. The van der Waals surface area contributed by atoms with Crippen LogP contribution in [0.3, 0.4) is 0 Å². The first kappa shape index (κ1) is 15.2. The first-order valence-electron chi connectivity index (χ1n) is 6.79. The fourth-order valence-electron chi connectivity index (χ4n) is 2.35. The summed E-state index contributed by atoms with van der Waals surface area (Å²) in [5, 5.41) is 9.91. The van der Waals surface area contributed by atoms with Crippen LogP contribution in [0.15, 0.2) is 18.3 Å². The van der Waals surface area contributed by atoms with E-state index < -0.39 is 0 Å². The van der Waals surface area contributed by atoms with Crippen LogP contribution in [0.4, 0.5) is 0 Å². The molecule has 0 unspecified atom stereocenters. The number of carbonyl (C=O) groups excluding carboxylic acids is 1. The molecule has 20 heavy (non-hydrogen) atoms. The highest BCUT2D eigenvalue weighted by Crippen LogP contribution is 2.12. The number of likely N-dealkylation sites (tertiary alicyclic amines) is 1. The van der Waals surface area contributed by atoms with Gasteiger partial charge in [-0.2, -0.15) is 0 Å². The summed E-state index contributed by atoms with van der Waals surface area (Å²) in [5.74, 6) is 0.111. The first-order chi connectivity index (χ1) is 9.54. The molecule has 1 aliphatic heterocycles. The van der Waals surface area contributed by atoms with Crippen LogP contribution in [0.1, 0.15) is 18.4 Å². The second-order valence-corrected chi connectivity index (χ2v) is 5.66. The van der Waals surface area contributed by atoms with Crippen LogP contribution in [0.25, 0.3) is 0 Å². The first-order valence-corrected chi connectivity index (χ1v) is 7.17. The third-order valence-electron chi connectivity index (χ3n) is 3.47. The van der Waals surface area contributed by atoms with Crippen LogP contribution in [0, 0.1) is 0 Å². The van der Waals surface area contributed by atoms with Crippen LogP contribution in [0.5, 0.6) is 0 Å². The van der Waals surface area contributed by atoms with E-state index in [0.29, 0.717) is 44.2 Å². The Kier molecular flexibility index (Phi) is 5.34. The number of hydrogen-bond acceptors (Lipinski definition) is 4. The predicted octanol–water partition coefficient (Wildman–Crippen LogP) is 1.15. The molecular formula is C14H20ClN3O2. The van der Waals surface area contributed by atoms with Gasteiger partial charge in [0, 0.05) is 25.8 Å². The van der Waals surface area contributed by atoms with Crippen molar-refractivity contribution in [3.05, 3.63) is 29.0 Å². The van der Waals surface area contributed by atoms with Gasteiger partial charge < -0.3 is 10.0 Å². The van der Waals surface area contributed by atoms with Crippen molar-refractivity contribution in [2.24, 2.45) is 0 Å². The van der Waals surface area contributed by atoms with Gasteiger partial charge in [-0.1, -0.05) is 11.6 Å². The minimum Gasteiger partial charge on any atom is -0.393 e. The van der Waals surface area contributed by atoms with Gasteiger partial charge >= 0.3 is 0 Å². The van der Waals surface area contributed by atoms with Gasteiger partial charge in [0.1, 0.15) is 5.15 Å². The predicted molar refractivity (Wildman–Crippen MR) is 77.4 cm³/mol. The highest BCUT2D eigenvalue weighted by molar-refractivity contribution is 6.29. The SMILES string of the molecule is CN(CC(=O)N1CCC(O)CC1)Cc1ccnc(Cl)c1. The van der Waals surface area contributed by atoms with E-state index in [4.69, 9.17) is 11.6 Å². The van der Waals surface area contributed by atoms with E-state index in [0.717, 1.165) is 5.56 Å². The fraction of sp³-hybridized carbons (Fsp3) is 0.571. The van der Waals surface area contributed by atoms with Crippen molar-refractivity contribution >= 4 is 17.5 Å². The van der Waals surface area contributed by atoms with Gasteiger partial charge in [0.25, 0.3) is 0 Å². The van der Waals surface area contributed by atoms with Gasteiger partial charge in [-0.3, -0.25) is 9.69 Å². The number of rotatable bonds is 4. The normalized spacial score (nSPS) is 16.7. The van der Waals surface area contributed by atoms with Crippen molar-refractivity contribution < 1.29 is 9.90 Å². The molecule has 0 saturated carbocycles. The second kappa shape index (κ2) is 7.02. The molecule has 1 fully saturated rings. The lowest BCUT2D eigenvalue weighted by Crippen LogP contribution is -2.44. The van der Waals surface area contributed by atoms with Crippen molar-refractivity contribution in [2.45, 2.75) is 25.5 Å². The van der Waals surface area contributed by atoms with E-state index in [1.165, 1.54) is 0 Å². The molecule has 1 amide bonds. The Balaban J connectivity index is 1.82. The van der Waals surface area contributed by atoms with Gasteiger partial charge in [0.15, 0.2) is 0 Å². The lowest BCUT2D eigenvalue weighted by atomic mass is 10.1. The Morgan fingerprint density at radius 1 is 1.55 bits per heavy atom. The number of hydrogen-bond donors (Lipinski definition) is 1. The van der Waals surface area contributed by atoms with Crippen LogP contribution in [0.2, 0.25) is 5.15 Å². The average Bonchev–Trinajstić information content (AvgIpc) is 2.39. The number of halogens is 1. The molecule has 2 rings (SSSR count). The summed E-state index contributed by atoms with van der Waals surface area (Å²) in [6.45, 7) is 2.32. The topological polar surface area (TPSA) is 56.7 Å². The van der Waals surface area contributed by atoms with Crippen LogP contribution < -0.4 is 0 Å². The average molecular weight is 298 g/mol. The number of piperidine rings is 1. The maximum absolute atomic E-state index is 12.1. The second-order valence-electron chi connectivity index (χ2n) is 5.27. The van der Waals surface area contributed by atoms with E-state index in [2.05, 4.69) is 4.98 Å². The quantitative estimate of drug-likeness (QED) is 0.847. The Labute approximate surface area is 124 Å². The molecule has 0 radical (unpaired) electrons. The highest BCUT2D eigenvalue weighted by Gasteiger charge is 2.21. The van der Waals surface area contributed by atoms with Crippen molar-refractivity contribution in [3.8, 4) is 0 Å². The number of aliphatic hydroxyl groups excluding tert-OH is 1. The van der Waals surface area contributed by atoms with Gasteiger partial charge in [-0.25, -0.2) is 4.98 Å². The Hall–Kier alpha value is -1.17. The van der Waals surface area contributed by atoms with Crippen LogP contribution >= 0.6 is 11.6 Å². The van der Waals surface area contributed by atoms with Crippen molar-refractivity contribution in [1.29, 1.82) is 0 Å². The van der Waals surface area contributed by atoms with Crippen LogP contribution in [-0.2, 0) is 11.3 Å². The highest BCUT2D eigenvalue weighted by atomic mass is 35.5. The maximum atomic E-state index is 12.1. The molecule has 0 spiro atoms. The molecule has 0 aliphatic carbocycles. The minimum absolute atomic E-state index is 0.111. The number of aliphatic hydroxyl groups is 1. The summed E-state index contributed by atoms with van der Waals surface area (Å²) in [4.78, 5) is 19.9. The fourth-order valence-corrected chi connectivity index (χ4v) is 2.55. The number of carbonyl (C=O) groups is 1. The number of likely N-dealkylation sites (N-methyl/N-ethyl adjacent to an activating group) is 1. The van der Waals surface area contributed by atoms with Gasteiger partial charge in [-0.15, -0.1) is 0 Å². The molecule has 1 aromatic rings. The zero-order chi connectivity index (χ0) is 14.5. The summed E-state index contributed by atoms with van der Waals surface area (Å²) in [6, 6.07) is 3.70. The smallest absolute Gasteiger partial charge is 0.236 e. The Bertz CT molecular complexity index is 461. The Morgan fingerprint density at radius 2 is 2.25 bits per heavy atom. The zero-order valence-electron chi connectivity index (χ0n) is 11.6. The molecule has 1 saturated heterocycles. The van der Waals surface area contributed by atoms with Crippen molar-refractivity contribution in [1.82, 2.24) is 14.8 Å². The van der Waals surface area contributed by atoms with E-state index in [1.807, 2.05) is 22.9 Å². The van der Waals surface area contributed by atoms with Gasteiger partial charge in [0.2, 0.25) is 5.91 Å². The van der Waals surface area contributed by atoms with Crippen LogP contribution in [-0.4, -0.2) is 58.6 Å². The Morgan fingerprint density at radius 3 is 2.90 bits per heavy atom. The largest absolute Gasteiger partial charge is 0.393 e. The molecule has 110 valence electrons. The summed E-state index contributed by atoms with van der Waals surface area (Å²) in [5.41, 5.74) is 1.04. The van der Waals surface area contributed by atoms with E-state index in [-0.39, 0.29) is 12.0 Å². The number of pyridine rings is 1. The minimum atomic E-state index is -0.254. The summed E-state index contributed by atoms with van der Waals surface area (Å²) in [7, 11) is 1.91. The van der Waals surface area contributed by atoms with E-state index in [1.54, 1.807) is 12.3 Å². The molecule has 2 heterocycles. The lowest BCUT2D eigenvalue weighted by Gasteiger charge is -2.31. The monoisotopic (exact) mass is 297 g/mol. The standard InChI is InChI=1S/C14H20ClN3O2/c1-17(9-11-2-5-16-13(15)8-11)10-14(20)18-6-3-12(19)4-7-18/h2,5,8,12,19H,3-4,6-7,9-10H2,1H3. The lowest BCUT2D eigenvalue weighted by molar-refractivity contribution is -0.134. The van der Waals surface area contributed by atoms with Crippen molar-refractivity contribution in [2.75, 3.05) is 26.7 Å². The third kappa shape index (κ3) is 4.44. The third-order valence-corrected chi connectivity index (χ3v) is 3.67. The summed E-state index contributed by atoms with van der Waals surface area (Å²) >= 11 is 5.84. The van der Waals surface area contributed by atoms with E-state index >= 15 is 0 Å². The molecular weight excluding hydrogens is 278 g/mol. The van der Waals surface area contributed by atoms with Crippen molar-refractivity contribution in [3.63, 3.8) is 0 Å². The molecule has 1 N–H and O–H groups in total. The van der Waals surface area contributed by atoms with Gasteiger partial charge in [-0.05, 0) is 37.6 Å². The molecule has 1 aromatic heterocycles. The number of amides is 1. The molecule has 1 aliphatic rings. The summed E-state index contributed by atoms with van der Waals surface area (Å²) < 4.78 is 0. The summed E-state index contributed by atoms with van der Waals surface area (Å²) in [6.07, 6.45) is 2.76. The molecule has 0 atom stereocenters. The molecule has 6 heteroatoms. The van der Waals surface area contributed by atoms with E-state index in [9.17, 15) is 9.90 Å². The van der Waals surface area contributed by atoms with Gasteiger partial charge in [0.05, 0.1) is 12.6 Å². The molecule has 0 aromatic carbocycles. The number of nitrogens with zero attached hydrogens (tertiary/aromatic N) is 3. The molecule has 5 nitrogen and oxygen atoms in total. The maximum Gasteiger partial charge on any atom is 0.236 e. The molecule has 0 bridgehead atoms.